The largest absolute Gasteiger partial charge is 0.388 e. The number of hydrogen-bond donors (Lipinski definition) is 2. The predicted octanol–water partition coefficient (Wildman–Crippen LogP) is 0.420. The molecule has 0 aliphatic carbocycles. The van der Waals surface area contributed by atoms with Crippen LogP contribution in [-0.4, -0.2) is 22.6 Å². The average Bonchev–Trinajstić information content (AvgIpc) is 2.16. The van der Waals surface area contributed by atoms with Crippen molar-refractivity contribution in [3.8, 4) is 0 Å². The molecule has 0 fully saturated rings. The second-order valence-electron chi connectivity index (χ2n) is 2.55. The van der Waals surface area contributed by atoms with E-state index in [-0.39, 0.29) is 5.56 Å². The van der Waals surface area contributed by atoms with Crippen LogP contribution < -0.4 is 0 Å². The molecule has 0 amide bonds. The molecule has 1 unspecified atom stereocenters. The maximum absolute atomic E-state index is 12.9. The third-order valence-electron chi connectivity index (χ3n) is 1.66. The van der Waals surface area contributed by atoms with Crippen LogP contribution in [-0.2, 0) is 4.79 Å². The van der Waals surface area contributed by atoms with Crippen LogP contribution >= 0.6 is 0 Å². The van der Waals surface area contributed by atoms with Gasteiger partial charge in [0.2, 0.25) is 0 Å². The zero-order chi connectivity index (χ0) is 9.84. The highest BCUT2D eigenvalue weighted by atomic mass is 19.1. The van der Waals surface area contributed by atoms with E-state index in [0.717, 1.165) is 6.07 Å². The number of ketones is 1. The first-order valence-electron chi connectivity index (χ1n) is 3.73. The fraction of sp³-hybridized carbons (Fsp3) is 0.222. The molecule has 0 heterocycles. The maximum Gasteiger partial charge on any atom is 0.191 e. The lowest BCUT2D eigenvalue weighted by atomic mass is 10.1. The second kappa shape index (κ2) is 4.11. The van der Waals surface area contributed by atoms with Gasteiger partial charge in [0, 0.05) is 5.56 Å². The van der Waals surface area contributed by atoms with Gasteiger partial charge in [-0.3, -0.25) is 4.79 Å². The molecule has 1 aromatic carbocycles. The van der Waals surface area contributed by atoms with Gasteiger partial charge in [0.1, 0.15) is 18.5 Å². The highest BCUT2D eigenvalue weighted by Crippen LogP contribution is 2.16. The third kappa shape index (κ3) is 2.11. The number of rotatable bonds is 3. The molecule has 0 aromatic heterocycles. The van der Waals surface area contributed by atoms with Crippen molar-refractivity contribution in [1.82, 2.24) is 0 Å². The van der Waals surface area contributed by atoms with Crippen molar-refractivity contribution < 1.29 is 19.4 Å². The van der Waals surface area contributed by atoms with Gasteiger partial charge in [-0.2, -0.15) is 0 Å². The normalized spacial score (nSPS) is 12.5. The van der Waals surface area contributed by atoms with Gasteiger partial charge in [-0.1, -0.05) is 18.2 Å². The van der Waals surface area contributed by atoms with E-state index < -0.39 is 24.3 Å². The van der Waals surface area contributed by atoms with Crippen LogP contribution in [0.3, 0.4) is 0 Å². The quantitative estimate of drug-likeness (QED) is 0.715. The second-order valence-corrected chi connectivity index (χ2v) is 2.55. The summed E-state index contributed by atoms with van der Waals surface area (Å²) in [6, 6.07) is 5.40. The van der Waals surface area contributed by atoms with Gasteiger partial charge in [-0.25, -0.2) is 4.39 Å². The lowest BCUT2D eigenvalue weighted by Crippen LogP contribution is -2.16. The van der Waals surface area contributed by atoms with Crippen molar-refractivity contribution >= 4 is 5.78 Å². The van der Waals surface area contributed by atoms with Crippen LogP contribution in [0.15, 0.2) is 24.3 Å². The molecule has 70 valence electrons. The molecule has 0 saturated heterocycles. The Kier molecular flexibility index (Phi) is 3.11. The van der Waals surface area contributed by atoms with Crippen LogP contribution in [0, 0.1) is 5.82 Å². The van der Waals surface area contributed by atoms with Crippen molar-refractivity contribution in [2.75, 3.05) is 6.61 Å². The molecule has 1 rings (SSSR count). The average molecular weight is 184 g/mol. The van der Waals surface area contributed by atoms with E-state index in [1.807, 2.05) is 0 Å². The van der Waals surface area contributed by atoms with E-state index in [1.54, 1.807) is 0 Å². The van der Waals surface area contributed by atoms with Gasteiger partial charge >= 0.3 is 0 Å². The highest BCUT2D eigenvalue weighted by Gasteiger charge is 2.18. The molecule has 0 bridgehead atoms. The van der Waals surface area contributed by atoms with Gasteiger partial charge in [0.15, 0.2) is 5.78 Å². The molecule has 4 heteroatoms. The monoisotopic (exact) mass is 184 g/mol. The van der Waals surface area contributed by atoms with Gasteiger partial charge in [0.05, 0.1) is 0 Å². The summed E-state index contributed by atoms with van der Waals surface area (Å²) in [5.74, 6) is -1.47. The van der Waals surface area contributed by atoms with E-state index in [0.29, 0.717) is 0 Å². The topological polar surface area (TPSA) is 57.5 Å². The van der Waals surface area contributed by atoms with Crippen molar-refractivity contribution in [2.45, 2.75) is 6.10 Å². The summed E-state index contributed by atoms with van der Waals surface area (Å²) in [7, 11) is 0. The summed E-state index contributed by atoms with van der Waals surface area (Å²) < 4.78 is 12.9. The van der Waals surface area contributed by atoms with Crippen LogP contribution in [0.2, 0.25) is 0 Å². The van der Waals surface area contributed by atoms with Crippen LogP contribution in [0.25, 0.3) is 0 Å². The number of halogens is 1. The number of carbonyl (C=O) groups excluding carboxylic acids is 1. The third-order valence-corrected chi connectivity index (χ3v) is 1.66. The minimum Gasteiger partial charge on any atom is -0.388 e. The molecule has 0 aliphatic heterocycles. The van der Waals surface area contributed by atoms with E-state index in [9.17, 15) is 14.3 Å². The van der Waals surface area contributed by atoms with Gasteiger partial charge in [-0.05, 0) is 6.07 Å². The first-order chi connectivity index (χ1) is 6.16. The summed E-state index contributed by atoms with van der Waals surface area (Å²) in [5, 5.41) is 17.6. The lowest BCUT2D eigenvalue weighted by molar-refractivity contribution is -0.130. The van der Waals surface area contributed by atoms with E-state index >= 15 is 0 Å². The van der Waals surface area contributed by atoms with Crippen LogP contribution in [0.4, 0.5) is 4.39 Å². The van der Waals surface area contributed by atoms with Crippen molar-refractivity contribution in [2.24, 2.45) is 0 Å². The molecule has 3 nitrogen and oxygen atoms in total. The first-order valence-corrected chi connectivity index (χ1v) is 3.73. The Labute approximate surface area is 74.4 Å². The number of aliphatic hydroxyl groups excluding tert-OH is 2. The Bertz CT molecular complexity index is 311. The Morgan fingerprint density at radius 2 is 2.08 bits per heavy atom. The number of carbonyl (C=O) groups is 1. The molecule has 13 heavy (non-hydrogen) atoms. The summed E-state index contributed by atoms with van der Waals surface area (Å²) in [6.45, 7) is -0.796. The molecule has 0 saturated carbocycles. The van der Waals surface area contributed by atoms with Gasteiger partial charge < -0.3 is 10.2 Å². The smallest absolute Gasteiger partial charge is 0.191 e. The standard InChI is InChI=1S/C9H9FO3/c10-7-4-2-1-3-6(7)9(13)8(12)5-11/h1-4,9,11,13H,5H2. The Morgan fingerprint density at radius 3 is 2.62 bits per heavy atom. The van der Waals surface area contributed by atoms with Gasteiger partial charge in [0.25, 0.3) is 0 Å². The van der Waals surface area contributed by atoms with Crippen molar-refractivity contribution in [1.29, 1.82) is 0 Å². The summed E-state index contributed by atoms with van der Waals surface area (Å²) in [4.78, 5) is 10.8. The molecule has 0 radical (unpaired) electrons. The van der Waals surface area contributed by atoms with Gasteiger partial charge in [-0.15, -0.1) is 0 Å². The number of benzene rings is 1. The zero-order valence-electron chi connectivity index (χ0n) is 6.77. The minimum absolute atomic E-state index is 0.110. The van der Waals surface area contributed by atoms with E-state index in [1.165, 1.54) is 18.2 Å². The predicted molar refractivity (Wildman–Crippen MR) is 43.5 cm³/mol. The van der Waals surface area contributed by atoms with Crippen LogP contribution in [0.1, 0.15) is 11.7 Å². The summed E-state index contributed by atoms with van der Waals surface area (Å²) in [6.07, 6.45) is -1.58. The van der Waals surface area contributed by atoms with E-state index in [2.05, 4.69) is 0 Å². The molecule has 0 spiro atoms. The number of hydrogen-bond acceptors (Lipinski definition) is 3. The zero-order valence-corrected chi connectivity index (χ0v) is 6.77. The Morgan fingerprint density at radius 1 is 1.46 bits per heavy atom. The first kappa shape index (κ1) is 9.83. The number of Topliss-reactive ketones (excluding diaryl/α,β-unsaturated/α-hetero) is 1. The van der Waals surface area contributed by atoms with E-state index in [4.69, 9.17) is 5.11 Å². The van der Waals surface area contributed by atoms with Crippen molar-refractivity contribution in [3.05, 3.63) is 35.6 Å². The number of aliphatic hydroxyl groups is 2. The summed E-state index contributed by atoms with van der Waals surface area (Å²) in [5.41, 5.74) is -0.110. The maximum atomic E-state index is 12.9. The summed E-state index contributed by atoms with van der Waals surface area (Å²) >= 11 is 0. The Balaban J connectivity index is 2.95. The van der Waals surface area contributed by atoms with Crippen LogP contribution in [0.5, 0.6) is 0 Å². The molecule has 1 atom stereocenters. The molecular formula is C9H9FO3. The molecule has 0 aliphatic rings. The fourth-order valence-electron chi connectivity index (χ4n) is 0.957. The lowest BCUT2D eigenvalue weighted by Gasteiger charge is -2.08. The molecule has 1 aromatic rings. The minimum atomic E-state index is -1.58. The molecule has 2 N–H and O–H groups in total. The van der Waals surface area contributed by atoms with Crippen molar-refractivity contribution in [3.63, 3.8) is 0 Å². The molecular weight excluding hydrogens is 175 g/mol. The fourth-order valence-corrected chi connectivity index (χ4v) is 0.957. The Hall–Kier alpha value is -1.26. The highest BCUT2D eigenvalue weighted by molar-refractivity contribution is 5.85. The SMILES string of the molecule is O=C(CO)C(O)c1ccccc1F.